The Bertz CT molecular complexity index is 1090. The first-order valence-electron chi connectivity index (χ1n) is 17.7. The van der Waals surface area contributed by atoms with Gasteiger partial charge in [-0.15, -0.1) is 0 Å². The Morgan fingerprint density at radius 1 is 0.727 bits per heavy atom. The van der Waals surface area contributed by atoms with Crippen molar-refractivity contribution in [2.45, 2.75) is 162 Å². The van der Waals surface area contributed by atoms with Gasteiger partial charge in [0, 0.05) is 0 Å². The average molecular weight is 623 g/mol. The molecule has 254 valence electrons. The summed E-state index contributed by atoms with van der Waals surface area (Å²) in [6.45, 7) is 18.2. The molecule has 5 aliphatic carbocycles. The Hall–Kier alpha value is -0.320. The number of aliphatic hydroxyl groups is 6. The molecule has 6 rings (SSSR count). The van der Waals surface area contributed by atoms with Gasteiger partial charge >= 0.3 is 0 Å². The zero-order valence-corrected chi connectivity index (χ0v) is 28.5. The molecule has 0 amide bonds. The van der Waals surface area contributed by atoms with Crippen molar-refractivity contribution >= 4 is 0 Å². The van der Waals surface area contributed by atoms with E-state index in [0.29, 0.717) is 23.7 Å². The summed E-state index contributed by atoms with van der Waals surface area (Å²) in [5.41, 5.74) is -0.970. The van der Waals surface area contributed by atoms with Crippen molar-refractivity contribution in [3.05, 3.63) is 0 Å². The van der Waals surface area contributed by atoms with Gasteiger partial charge < -0.3 is 40.1 Å². The van der Waals surface area contributed by atoms with Crippen LogP contribution in [0.2, 0.25) is 0 Å². The molecule has 0 spiro atoms. The minimum absolute atomic E-state index is 0.0248. The molecule has 6 N–H and O–H groups in total. The van der Waals surface area contributed by atoms with Crippen molar-refractivity contribution < 1.29 is 40.1 Å². The van der Waals surface area contributed by atoms with E-state index in [0.717, 1.165) is 57.8 Å². The summed E-state index contributed by atoms with van der Waals surface area (Å²) in [5.74, 6) is 1.78. The topological polar surface area (TPSA) is 140 Å². The minimum Gasteiger partial charge on any atom is -0.394 e. The van der Waals surface area contributed by atoms with Gasteiger partial charge in [0.25, 0.3) is 0 Å². The van der Waals surface area contributed by atoms with Gasteiger partial charge in [-0.2, -0.15) is 0 Å². The molecule has 0 aromatic heterocycles. The second-order valence-electron chi connectivity index (χ2n) is 18.2. The predicted octanol–water partition coefficient (Wildman–Crippen LogP) is 4.01. The van der Waals surface area contributed by atoms with Gasteiger partial charge in [-0.25, -0.2) is 0 Å². The highest BCUT2D eigenvalue weighted by Gasteiger charge is 2.72. The van der Waals surface area contributed by atoms with Gasteiger partial charge in [0.1, 0.15) is 24.4 Å². The van der Waals surface area contributed by atoms with Gasteiger partial charge in [-0.3, -0.25) is 0 Å². The Balaban J connectivity index is 1.27. The monoisotopic (exact) mass is 622 g/mol. The highest BCUT2D eigenvalue weighted by molar-refractivity contribution is 5.20. The summed E-state index contributed by atoms with van der Waals surface area (Å²) < 4.78 is 12.2. The molecular weight excluding hydrogens is 560 g/mol. The van der Waals surface area contributed by atoms with E-state index in [2.05, 4.69) is 48.5 Å². The fourth-order valence-electron chi connectivity index (χ4n) is 13.2. The van der Waals surface area contributed by atoms with E-state index in [9.17, 15) is 30.6 Å². The molecule has 0 aromatic rings. The van der Waals surface area contributed by atoms with E-state index in [1.165, 1.54) is 0 Å². The third-order valence-electron chi connectivity index (χ3n) is 16.3. The number of hydrogen-bond donors (Lipinski definition) is 6. The quantitative estimate of drug-likeness (QED) is 0.260. The van der Waals surface area contributed by atoms with Crippen LogP contribution in [-0.2, 0) is 9.47 Å². The molecule has 6 aliphatic rings. The summed E-state index contributed by atoms with van der Waals surface area (Å²) >= 11 is 0. The Morgan fingerprint density at radius 2 is 1.41 bits per heavy atom. The largest absolute Gasteiger partial charge is 0.394 e. The molecule has 0 radical (unpaired) electrons. The number of rotatable bonds is 3. The molecule has 1 aliphatic heterocycles. The van der Waals surface area contributed by atoms with Crippen molar-refractivity contribution in [3.8, 4) is 0 Å². The van der Waals surface area contributed by atoms with Gasteiger partial charge in [-0.1, -0.05) is 48.5 Å². The van der Waals surface area contributed by atoms with Gasteiger partial charge in [0.15, 0.2) is 6.29 Å². The first-order valence-corrected chi connectivity index (χ1v) is 17.7. The van der Waals surface area contributed by atoms with E-state index < -0.39 is 42.9 Å². The zero-order valence-electron chi connectivity index (χ0n) is 28.5. The molecule has 1 heterocycles. The van der Waals surface area contributed by atoms with E-state index in [1.54, 1.807) is 0 Å². The summed E-state index contributed by atoms with van der Waals surface area (Å²) in [6.07, 6.45) is 1.77. The average Bonchev–Trinajstić information content (AvgIpc) is 2.94. The second-order valence-corrected chi connectivity index (χ2v) is 18.2. The van der Waals surface area contributed by atoms with Crippen molar-refractivity contribution in [2.24, 2.45) is 56.7 Å². The molecule has 5 saturated carbocycles. The minimum atomic E-state index is -1.45. The molecule has 17 atom stereocenters. The van der Waals surface area contributed by atoms with E-state index in [4.69, 9.17) is 9.47 Å². The lowest BCUT2D eigenvalue weighted by atomic mass is 9.31. The molecule has 0 bridgehead atoms. The molecule has 1 saturated heterocycles. The van der Waals surface area contributed by atoms with Crippen LogP contribution in [0.1, 0.15) is 113 Å². The van der Waals surface area contributed by atoms with E-state index in [1.807, 2.05) is 6.92 Å². The zero-order chi connectivity index (χ0) is 32.4. The number of ether oxygens (including phenoxy) is 2. The van der Waals surface area contributed by atoms with Crippen LogP contribution in [0.5, 0.6) is 0 Å². The Kier molecular flexibility index (Phi) is 8.08. The van der Waals surface area contributed by atoms with Gasteiger partial charge in [0.05, 0.1) is 24.4 Å². The third-order valence-corrected chi connectivity index (χ3v) is 16.3. The first kappa shape index (κ1) is 33.6. The van der Waals surface area contributed by atoms with Gasteiger partial charge in [-0.05, 0) is 121 Å². The highest BCUT2D eigenvalue weighted by atomic mass is 16.7. The van der Waals surface area contributed by atoms with Crippen LogP contribution in [0, 0.1) is 56.7 Å². The molecule has 0 aromatic carbocycles. The lowest BCUT2D eigenvalue weighted by Crippen LogP contribution is -2.70. The number of hydrogen-bond acceptors (Lipinski definition) is 8. The van der Waals surface area contributed by atoms with Crippen LogP contribution >= 0.6 is 0 Å². The summed E-state index contributed by atoms with van der Waals surface area (Å²) in [6, 6.07) is 0. The van der Waals surface area contributed by atoms with Crippen LogP contribution in [-0.4, -0.2) is 85.8 Å². The first-order chi connectivity index (χ1) is 20.3. The van der Waals surface area contributed by atoms with E-state index >= 15 is 0 Å². The number of fused-ring (bicyclic) bond motifs is 7. The fraction of sp³-hybridized carbons (Fsp3) is 1.00. The maximum Gasteiger partial charge on any atom is 0.186 e. The number of aliphatic hydroxyl groups excluding tert-OH is 5. The van der Waals surface area contributed by atoms with Crippen molar-refractivity contribution in [1.29, 1.82) is 0 Å². The fourth-order valence-corrected chi connectivity index (χ4v) is 13.2. The summed E-state index contributed by atoms with van der Waals surface area (Å²) in [5, 5.41) is 64.5. The Labute approximate surface area is 264 Å². The lowest BCUT2D eigenvalue weighted by molar-refractivity contribution is -0.333. The standard InChI is InChI=1S/C36H62O8/c1-19-26-20-9-10-23-32(4)13-12-25(44-30-29(41)28(40)27(39)21(18-37)43-30)31(2,3)22(32)11-14-34(23,6)35(20,7)17-24(38)33(26,5)15-16-36(19,8)42/h19-30,37-42H,9-18H2,1-8H3/t19-,20+,21+,22-,23+,24?,25?,26+,27+,28-,29+,30-,32-,33+,34+,35+,36-/m0/s1. The van der Waals surface area contributed by atoms with Crippen LogP contribution < -0.4 is 0 Å². The van der Waals surface area contributed by atoms with Crippen LogP contribution in [0.25, 0.3) is 0 Å². The van der Waals surface area contributed by atoms with Crippen LogP contribution in [0.15, 0.2) is 0 Å². The molecule has 8 heteroatoms. The van der Waals surface area contributed by atoms with Gasteiger partial charge in [0.2, 0.25) is 0 Å². The summed E-state index contributed by atoms with van der Waals surface area (Å²) in [4.78, 5) is 0. The second kappa shape index (κ2) is 10.6. The van der Waals surface area contributed by atoms with Crippen LogP contribution in [0.3, 0.4) is 0 Å². The normalized spacial score (nSPS) is 60.4. The molecule has 2 unspecified atom stereocenters. The van der Waals surface area contributed by atoms with Crippen LogP contribution in [0.4, 0.5) is 0 Å². The predicted molar refractivity (Wildman–Crippen MR) is 166 cm³/mol. The summed E-state index contributed by atoms with van der Waals surface area (Å²) in [7, 11) is 0. The van der Waals surface area contributed by atoms with Crippen molar-refractivity contribution in [2.75, 3.05) is 6.61 Å². The lowest BCUT2D eigenvalue weighted by Gasteiger charge is -2.74. The smallest absolute Gasteiger partial charge is 0.186 e. The maximum absolute atomic E-state index is 11.9. The highest BCUT2D eigenvalue weighted by Crippen LogP contribution is 2.77. The molecule has 44 heavy (non-hydrogen) atoms. The van der Waals surface area contributed by atoms with E-state index in [-0.39, 0.29) is 45.2 Å². The molecular formula is C36H62O8. The SMILES string of the molecule is C[C@H]1[C@@H]2[C@H]3CC[C@@H]4[C@@]5(C)CCC(O[C@@H]6O[C@H](CO)[C@@H](O)[C@H](O)[C@H]6O)C(C)(C)[C@@H]5CC[C@@]4(C)[C@]3(C)CC(O)[C@@]2(C)CC[C@]1(C)O. The van der Waals surface area contributed by atoms with Crippen molar-refractivity contribution in [1.82, 2.24) is 0 Å². The van der Waals surface area contributed by atoms with Crippen molar-refractivity contribution in [3.63, 3.8) is 0 Å². The maximum atomic E-state index is 11.9. The third kappa shape index (κ3) is 4.37. The molecule has 6 fully saturated rings. The Morgan fingerprint density at radius 3 is 2.07 bits per heavy atom. The molecule has 8 nitrogen and oxygen atoms in total.